The number of amides is 1. The van der Waals surface area contributed by atoms with E-state index >= 15 is 0 Å². The van der Waals surface area contributed by atoms with Crippen LogP contribution in [0.15, 0.2) is 45.9 Å². The number of hydrogen-bond donors (Lipinski definition) is 3. The summed E-state index contributed by atoms with van der Waals surface area (Å²) in [5.41, 5.74) is 6.52. The Morgan fingerprint density at radius 2 is 1.94 bits per heavy atom. The Kier molecular flexibility index (Phi) is 8.52. The van der Waals surface area contributed by atoms with Crippen LogP contribution in [0.3, 0.4) is 0 Å². The number of carbonyl (C=O) groups excluding carboxylic acids is 1. The zero-order valence-electron chi connectivity index (χ0n) is 19.0. The average molecular weight is 513 g/mol. The molecular formula is C22H27F3N6O3S. The van der Waals surface area contributed by atoms with Gasteiger partial charge in [-0.2, -0.15) is 18.4 Å². The van der Waals surface area contributed by atoms with Crippen LogP contribution in [0.25, 0.3) is 0 Å². The topological polar surface area (TPSA) is 147 Å². The molecule has 4 atom stereocenters. The quantitative estimate of drug-likeness (QED) is 0.273. The monoisotopic (exact) mass is 512 g/mol. The fourth-order valence-corrected chi connectivity index (χ4v) is 4.83. The number of likely N-dealkylation sites (tertiary alicyclic amines) is 1. The van der Waals surface area contributed by atoms with Crippen molar-refractivity contribution in [1.82, 2.24) is 10.2 Å². The molecule has 0 bridgehead atoms. The van der Waals surface area contributed by atoms with Gasteiger partial charge in [-0.05, 0) is 43.5 Å². The molecule has 1 aromatic rings. The molecule has 9 nitrogen and oxygen atoms in total. The van der Waals surface area contributed by atoms with Crippen molar-refractivity contribution in [3.8, 4) is 6.07 Å². The van der Waals surface area contributed by atoms with Crippen LogP contribution in [0.2, 0.25) is 0 Å². The highest BCUT2D eigenvalue weighted by Crippen LogP contribution is 2.31. The minimum Gasteiger partial charge on any atom is -0.386 e. The van der Waals surface area contributed by atoms with E-state index < -0.39 is 27.1 Å². The Hall–Kier alpha value is -2.95. The summed E-state index contributed by atoms with van der Waals surface area (Å²) in [6.07, 6.45) is 3.82. The zero-order chi connectivity index (χ0) is 25.8. The Morgan fingerprint density at radius 3 is 2.49 bits per heavy atom. The number of nitriles is 1. The van der Waals surface area contributed by atoms with E-state index in [4.69, 9.17) is 16.2 Å². The summed E-state index contributed by atoms with van der Waals surface area (Å²) in [4.78, 5) is 17.9. The van der Waals surface area contributed by atoms with Crippen LogP contribution in [-0.2, 0) is 20.3 Å². The highest BCUT2D eigenvalue weighted by molar-refractivity contribution is 7.86. The standard InChI is InChI=1S/C22H27F3N6O3S/c1-34-16-11-31(12-16)15-4-7-19(13(8-15)9-26)29-10-18(21(28)32)20(27)30-14-2-5-17(6-3-14)35(33)22(23,24)25/h2-3,5-6,10,13,15-16,19,29H,4,7-8,11-12H2,1H3,(H2,27,30)(H2,28,32)/b18-10+/t13?,15?,19-,35?/m0/s1. The highest BCUT2D eigenvalue weighted by Gasteiger charge is 2.39. The van der Waals surface area contributed by atoms with Crippen molar-refractivity contribution in [3.05, 3.63) is 36.0 Å². The number of amidine groups is 1. The number of rotatable bonds is 8. The molecule has 1 aliphatic carbocycles. The molecule has 0 radical (unpaired) electrons. The molecule has 1 saturated heterocycles. The van der Waals surface area contributed by atoms with Crippen LogP contribution < -0.4 is 16.8 Å². The lowest BCUT2D eigenvalue weighted by molar-refractivity contribution is -0.114. The van der Waals surface area contributed by atoms with Gasteiger partial charge in [0, 0.05) is 43.4 Å². The molecule has 5 N–H and O–H groups in total. The lowest BCUT2D eigenvalue weighted by atomic mass is 9.80. The van der Waals surface area contributed by atoms with Crippen molar-refractivity contribution < 1.29 is 26.9 Å². The molecule has 1 heterocycles. The molecule has 0 aromatic heterocycles. The highest BCUT2D eigenvalue weighted by atomic mass is 32.2. The van der Waals surface area contributed by atoms with E-state index in [9.17, 15) is 27.4 Å². The molecule has 2 aliphatic rings. The first-order valence-electron chi connectivity index (χ1n) is 10.9. The number of ether oxygens (including phenoxy) is 1. The van der Waals surface area contributed by atoms with Crippen molar-refractivity contribution in [3.63, 3.8) is 0 Å². The number of benzene rings is 1. The minimum absolute atomic E-state index is 0.127. The second kappa shape index (κ2) is 11.2. The van der Waals surface area contributed by atoms with Gasteiger partial charge < -0.3 is 21.5 Å². The first kappa shape index (κ1) is 26.7. The largest absolute Gasteiger partial charge is 0.475 e. The number of hydrogen-bond acceptors (Lipinski definition) is 7. The Labute approximate surface area is 203 Å². The lowest BCUT2D eigenvalue weighted by Gasteiger charge is -2.46. The molecule has 2 fully saturated rings. The van der Waals surface area contributed by atoms with Gasteiger partial charge in [0.25, 0.3) is 5.91 Å². The van der Waals surface area contributed by atoms with Crippen LogP contribution in [0.1, 0.15) is 19.3 Å². The summed E-state index contributed by atoms with van der Waals surface area (Å²) < 4.78 is 54.5. The van der Waals surface area contributed by atoms with E-state index in [1.807, 2.05) is 0 Å². The number of alkyl halides is 3. The van der Waals surface area contributed by atoms with Gasteiger partial charge in [-0.3, -0.25) is 9.69 Å². The molecule has 1 aromatic carbocycles. The van der Waals surface area contributed by atoms with Gasteiger partial charge in [0.2, 0.25) is 0 Å². The van der Waals surface area contributed by atoms with E-state index in [1.165, 1.54) is 18.3 Å². The molecule has 1 saturated carbocycles. The molecule has 3 unspecified atom stereocenters. The number of nitrogens with two attached hydrogens (primary N) is 2. The summed E-state index contributed by atoms with van der Waals surface area (Å²) in [6.45, 7) is 1.70. The van der Waals surface area contributed by atoms with E-state index in [-0.39, 0.29) is 35.2 Å². The Morgan fingerprint density at radius 1 is 1.29 bits per heavy atom. The number of halogens is 3. The van der Waals surface area contributed by atoms with Crippen molar-refractivity contribution in [2.75, 3.05) is 20.2 Å². The van der Waals surface area contributed by atoms with Gasteiger partial charge in [-0.1, -0.05) is 0 Å². The SMILES string of the molecule is COC1CN(C2CC[C@H](N/C=C(/C(N)=O)C(N)=Nc3ccc(S(=O)C(F)(F)F)cc3)C(C#N)C2)C1. The number of primary amides is 1. The maximum absolute atomic E-state index is 12.6. The van der Waals surface area contributed by atoms with Gasteiger partial charge in [0.05, 0.1) is 29.4 Å². The molecule has 1 aliphatic heterocycles. The fraction of sp³-hybridized carbons (Fsp3) is 0.500. The van der Waals surface area contributed by atoms with Crippen LogP contribution in [-0.4, -0.2) is 64.7 Å². The molecule has 0 spiro atoms. The van der Waals surface area contributed by atoms with Gasteiger partial charge >= 0.3 is 5.51 Å². The number of nitrogens with zero attached hydrogens (tertiary/aromatic N) is 3. The van der Waals surface area contributed by atoms with E-state index in [0.717, 1.165) is 31.6 Å². The first-order chi connectivity index (χ1) is 16.5. The predicted octanol–water partition coefficient (Wildman–Crippen LogP) is 1.65. The van der Waals surface area contributed by atoms with E-state index in [0.29, 0.717) is 18.9 Å². The number of carbonyl (C=O) groups is 1. The van der Waals surface area contributed by atoms with Crippen LogP contribution >= 0.6 is 0 Å². The van der Waals surface area contributed by atoms with Gasteiger partial charge in [-0.25, -0.2) is 9.20 Å². The molecule has 190 valence electrons. The Bertz CT molecular complexity index is 1050. The molecular weight excluding hydrogens is 485 g/mol. The maximum atomic E-state index is 12.6. The lowest BCUT2D eigenvalue weighted by Crippen LogP contribution is -2.58. The predicted molar refractivity (Wildman–Crippen MR) is 124 cm³/mol. The molecule has 13 heteroatoms. The molecule has 35 heavy (non-hydrogen) atoms. The normalized spacial score (nSPS) is 25.4. The zero-order valence-corrected chi connectivity index (χ0v) is 19.8. The van der Waals surface area contributed by atoms with Crippen molar-refractivity contribution in [2.45, 2.75) is 47.9 Å². The van der Waals surface area contributed by atoms with Crippen molar-refractivity contribution >= 4 is 28.2 Å². The van der Waals surface area contributed by atoms with E-state index in [1.54, 1.807) is 7.11 Å². The summed E-state index contributed by atoms with van der Waals surface area (Å²) in [6, 6.07) is 6.85. The van der Waals surface area contributed by atoms with E-state index in [2.05, 4.69) is 21.3 Å². The summed E-state index contributed by atoms with van der Waals surface area (Å²) in [5, 5.41) is 12.7. The third-order valence-electron chi connectivity index (χ3n) is 6.21. The minimum atomic E-state index is -4.88. The second-order valence-corrected chi connectivity index (χ2v) is 9.89. The molecule has 1 amide bonds. The number of aliphatic imine (C=N–C) groups is 1. The fourth-order valence-electron chi connectivity index (χ4n) is 4.18. The maximum Gasteiger partial charge on any atom is 0.475 e. The van der Waals surface area contributed by atoms with Gasteiger partial charge in [0.1, 0.15) is 5.84 Å². The van der Waals surface area contributed by atoms with Gasteiger partial charge in [0.15, 0.2) is 10.8 Å². The third-order valence-corrected chi connectivity index (χ3v) is 7.33. The smallest absolute Gasteiger partial charge is 0.386 e. The van der Waals surface area contributed by atoms with Crippen LogP contribution in [0, 0.1) is 17.2 Å². The van der Waals surface area contributed by atoms with Crippen LogP contribution in [0.4, 0.5) is 18.9 Å². The average Bonchev–Trinajstić information content (AvgIpc) is 2.78. The summed E-state index contributed by atoms with van der Waals surface area (Å²) in [5.74, 6) is -1.40. The third kappa shape index (κ3) is 6.59. The van der Waals surface area contributed by atoms with Gasteiger partial charge in [-0.15, -0.1) is 0 Å². The summed E-state index contributed by atoms with van der Waals surface area (Å²) in [7, 11) is -1.48. The Balaban J connectivity index is 1.66. The summed E-state index contributed by atoms with van der Waals surface area (Å²) >= 11 is 0. The number of methoxy groups -OCH3 is 1. The second-order valence-electron chi connectivity index (χ2n) is 8.41. The first-order valence-corrected chi connectivity index (χ1v) is 12.0. The van der Waals surface area contributed by atoms with Crippen molar-refractivity contribution in [1.29, 1.82) is 5.26 Å². The molecule has 3 rings (SSSR count). The van der Waals surface area contributed by atoms with Crippen LogP contribution in [0.5, 0.6) is 0 Å². The van der Waals surface area contributed by atoms with Crippen molar-refractivity contribution in [2.24, 2.45) is 22.4 Å². The number of nitrogens with one attached hydrogen (secondary N) is 1.